The van der Waals surface area contributed by atoms with Gasteiger partial charge in [0.2, 0.25) is 0 Å². The van der Waals surface area contributed by atoms with Crippen LogP contribution in [0, 0.1) is 6.92 Å². The molecular formula is C20H18B. The molecule has 0 saturated carbocycles. The van der Waals surface area contributed by atoms with Crippen LogP contribution in [-0.4, -0.2) is 7.28 Å². The molecule has 0 unspecified atom stereocenters. The maximum atomic E-state index is 2.21. The third kappa shape index (κ3) is 2.64. The molecule has 1 radical (unpaired) electrons. The van der Waals surface area contributed by atoms with Gasteiger partial charge in [0.25, 0.3) is 0 Å². The van der Waals surface area contributed by atoms with Gasteiger partial charge in [0, 0.05) is 0 Å². The van der Waals surface area contributed by atoms with Gasteiger partial charge in [-0.3, -0.25) is 0 Å². The fourth-order valence-corrected chi connectivity index (χ4v) is 2.86. The number of hydrogen-bond donors (Lipinski definition) is 0. The van der Waals surface area contributed by atoms with Gasteiger partial charge in [0.1, 0.15) is 0 Å². The van der Waals surface area contributed by atoms with Crippen LogP contribution in [0.1, 0.15) is 23.6 Å². The van der Waals surface area contributed by atoms with Crippen molar-refractivity contribution < 1.29 is 0 Å². The lowest BCUT2D eigenvalue weighted by Crippen LogP contribution is -2.16. The van der Waals surface area contributed by atoms with Gasteiger partial charge in [0.15, 0.2) is 7.28 Å². The summed E-state index contributed by atoms with van der Waals surface area (Å²) in [6.45, 7) is 4.28. The van der Waals surface area contributed by atoms with Crippen LogP contribution in [0.25, 0.3) is 23.3 Å². The van der Waals surface area contributed by atoms with E-state index in [1.54, 1.807) is 0 Å². The molecule has 0 fully saturated rings. The van der Waals surface area contributed by atoms with Gasteiger partial charge in [-0.15, -0.1) is 5.98 Å². The molecule has 0 N–H and O–H groups in total. The smallest absolute Gasteiger partial charge is 0.116 e. The molecule has 0 saturated heterocycles. The van der Waals surface area contributed by atoms with Crippen LogP contribution in [0.3, 0.4) is 0 Å². The Morgan fingerprint density at radius 1 is 1.00 bits per heavy atom. The van der Waals surface area contributed by atoms with Crippen LogP contribution in [0.4, 0.5) is 0 Å². The average Bonchev–Trinajstić information content (AvgIpc) is 2.49. The minimum atomic E-state index is 1.26. The van der Waals surface area contributed by atoms with Gasteiger partial charge < -0.3 is 0 Å². The summed E-state index contributed by atoms with van der Waals surface area (Å²) in [5, 5.41) is 0. The highest BCUT2D eigenvalue weighted by Gasteiger charge is 2.13. The molecule has 0 nitrogen and oxygen atoms in total. The Kier molecular flexibility index (Phi) is 3.92. The Bertz CT molecular complexity index is 748. The van der Waals surface area contributed by atoms with Crippen molar-refractivity contribution in [3.05, 3.63) is 77.3 Å². The van der Waals surface area contributed by atoms with Crippen LogP contribution < -0.4 is 5.46 Å². The van der Waals surface area contributed by atoms with E-state index >= 15 is 0 Å². The van der Waals surface area contributed by atoms with E-state index in [4.69, 9.17) is 0 Å². The molecule has 0 spiro atoms. The fourth-order valence-electron chi connectivity index (χ4n) is 2.86. The standard InChI is InChI=1S/C20H18B/c1-3-8-17-13-12-16-9-6-7-14-21-19-11-5-4-10-18(19)20(17)15(16)2/h3-14H,1-2H3/b8-3-,9-6?,14-7+. The summed E-state index contributed by atoms with van der Waals surface area (Å²) in [6, 6.07) is 13.0. The Labute approximate surface area is 127 Å². The highest BCUT2D eigenvalue weighted by Crippen LogP contribution is 2.30. The Morgan fingerprint density at radius 2 is 1.86 bits per heavy atom. The van der Waals surface area contributed by atoms with Crippen molar-refractivity contribution in [3.63, 3.8) is 0 Å². The summed E-state index contributed by atoms with van der Waals surface area (Å²) in [6.07, 6.45) is 10.7. The minimum Gasteiger partial charge on any atom is -0.116 e. The third-order valence-corrected chi connectivity index (χ3v) is 3.89. The first-order chi connectivity index (χ1) is 10.3. The molecule has 0 atom stereocenters. The molecule has 1 aliphatic rings. The predicted octanol–water partition coefficient (Wildman–Crippen LogP) is 4.57. The largest absolute Gasteiger partial charge is 0.182 e. The Balaban J connectivity index is 2.37. The number of benzene rings is 2. The molecule has 21 heavy (non-hydrogen) atoms. The molecule has 2 aromatic rings. The lowest BCUT2D eigenvalue weighted by molar-refractivity contribution is 1.42. The van der Waals surface area contributed by atoms with Crippen molar-refractivity contribution in [2.45, 2.75) is 13.8 Å². The van der Waals surface area contributed by atoms with Gasteiger partial charge in [-0.2, -0.15) is 0 Å². The number of fused-ring (bicyclic) bond motifs is 4. The molecular weight excluding hydrogens is 251 g/mol. The monoisotopic (exact) mass is 269 g/mol. The van der Waals surface area contributed by atoms with E-state index in [1.165, 1.54) is 33.3 Å². The number of allylic oxidation sites excluding steroid dienone is 3. The average molecular weight is 269 g/mol. The van der Waals surface area contributed by atoms with Crippen molar-refractivity contribution in [2.75, 3.05) is 0 Å². The SMILES string of the molecule is C/C=C\c1ccc2c(C)c1-c1ccccc1[B]/C=C/C=C2. The molecule has 101 valence electrons. The Hall–Kier alpha value is -2.28. The molecule has 0 aromatic heterocycles. The molecule has 1 heteroatoms. The van der Waals surface area contributed by atoms with Gasteiger partial charge in [0.05, 0.1) is 0 Å². The summed E-state index contributed by atoms with van der Waals surface area (Å²) in [7, 11) is 2.18. The van der Waals surface area contributed by atoms with Crippen LogP contribution in [0.2, 0.25) is 0 Å². The zero-order valence-corrected chi connectivity index (χ0v) is 12.5. The summed E-state index contributed by atoms with van der Waals surface area (Å²) in [5.74, 6) is 2.10. The molecule has 3 rings (SSSR count). The van der Waals surface area contributed by atoms with Crippen LogP contribution in [0.15, 0.2) is 60.6 Å². The highest BCUT2D eigenvalue weighted by atomic mass is 14.1. The minimum absolute atomic E-state index is 1.26. The quantitative estimate of drug-likeness (QED) is 0.665. The van der Waals surface area contributed by atoms with Crippen LogP contribution in [0.5, 0.6) is 0 Å². The lowest BCUT2D eigenvalue weighted by Gasteiger charge is -2.17. The summed E-state index contributed by atoms with van der Waals surface area (Å²) in [4.78, 5) is 0. The fraction of sp³-hybridized carbons (Fsp3) is 0.100. The van der Waals surface area contributed by atoms with Gasteiger partial charge in [-0.1, -0.05) is 72.2 Å². The second-order valence-corrected chi connectivity index (χ2v) is 5.24. The first-order valence-corrected chi connectivity index (χ1v) is 7.35. The Morgan fingerprint density at radius 3 is 2.71 bits per heavy atom. The van der Waals surface area contributed by atoms with Crippen molar-refractivity contribution in [1.82, 2.24) is 0 Å². The van der Waals surface area contributed by atoms with Crippen molar-refractivity contribution in [2.24, 2.45) is 0 Å². The maximum Gasteiger partial charge on any atom is 0.182 e. The van der Waals surface area contributed by atoms with Crippen molar-refractivity contribution in [3.8, 4) is 11.1 Å². The lowest BCUT2D eigenvalue weighted by atomic mass is 9.66. The summed E-state index contributed by atoms with van der Waals surface area (Å²) >= 11 is 0. The number of rotatable bonds is 1. The molecule has 1 heterocycles. The van der Waals surface area contributed by atoms with E-state index in [2.05, 4.69) is 93.9 Å². The predicted molar refractivity (Wildman–Crippen MR) is 94.9 cm³/mol. The summed E-state index contributed by atoms with van der Waals surface area (Å²) < 4.78 is 0. The second kappa shape index (κ2) is 6.01. The second-order valence-electron chi connectivity index (χ2n) is 5.24. The van der Waals surface area contributed by atoms with Gasteiger partial charge in [-0.25, -0.2) is 0 Å². The van der Waals surface area contributed by atoms with Crippen LogP contribution in [-0.2, 0) is 0 Å². The first kappa shape index (κ1) is 13.7. The maximum absolute atomic E-state index is 2.21. The highest BCUT2D eigenvalue weighted by molar-refractivity contribution is 6.60. The van der Waals surface area contributed by atoms with E-state index < -0.39 is 0 Å². The zero-order chi connectivity index (χ0) is 14.7. The molecule has 0 aliphatic carbocycles. The normalized spacial score (nSPS) is 14.6. The summed E-state index contributed by atoms with van der Waals surface area (Å²) in [5.41, 5.74) is 7.77. The third-order valence-electron chi connectivity index (χ3n) is 3.89. The van der Waals surface area contributed by atoms with E-state index in [-0.39, 0.29) is 0 Å². The van der Waals surface area contributed by atoms with E-state index in [9.17, 15) is 0 Å². The van der Waals surface area contributed by atoms with Gasteiger partial charge in [-0.05, 0) is 41.7 Å². The van der Waals surface area contributed by atoms with Crippen LogP contribution >= 0.6 is 0 Å². The molecule has 1 aliphatic heterocycles. The van der Waals surface area contributed by atoms with E-state index in [0.717, 1.165) is 0 Å². The topological polar surface area (TPSA) is 0 Å². The van der Waals surface area contributed by atoms with E-state index in [0.29, 0.717) is 0 Å². The molecule has 2 aromatic carbocycles. The molecule has 0 amide bonds. The first-order valence-electron chi connectivity index (χ1n) is 7.35. The zero-order valence-electron chi connectivity index (χ0n) is 12.5. The van der Waals surface area contributed by atoms with Gasteiger partial charge >= 0.3 is 0 Å². The molecule has 2 bridgehead atoms. The number of hydrogen-bond acceptors (Lipinski definition) is 0. The van der Waals surface area contributed by atoms with Crippen molar-refractivity contribution in [1.29, 1.82) is 0 Å². The van der Waals surface area contributed by atoms with Crippen molar-refractivity contribution >= 4 is 24.9 Å². The van der Waals surface area contributed by atoms with E-state index in [1.807, 2.05) is 0 Å².